The van der Waals surface area contributed by atoms with E-state index in [-0.39, 0.29) is 11.5 Å². The van der Waals surface area contributed by atoms with Crippen LogP contribution in [-0.4, -0.2) is 23.9 Å². The van der Waals surface area contributed by atoms with Gasteiger partial charge in [0.05, 0.1) is 18.1 Å². The summed E-state index contributed by atoms with van der Waals surface area (Å²) >= 11 is 5.84. The molecule has 0 aromatic carbocycles. The maximum Gasteiger partial charge on any atom is 0.182 e. The summed E-state index contributed by atoms with van der Waals surface area (Å²) in [7, 11) is 0. The molecule has 0 bridgehead atoms. The molecule has 2 nitrogen and oxygen atoms in total. The molecule has 3 atom stereocenters. The molecule has 0 aromatic rings. The Hall–Kier alpha value is 0.210. The van der Waals surface area contributed by atoms with Crippen molar-refractivity contribution in [3.05, 3.63) is 0 Å². The fourth-order valence-electron chi connectivity index (χ4n) is 0.959. The SMILES string of the molecule is CC1COC(C)(C(C)Cl)O1. The van der Waals surface area contributed by atoms with Gasteiger partial charge < -0.3 is 9.47 Å². The van der Waals surface area contributed by atoms with Crippen molar-refractivity contribution in [2.75, 3.05) is 6.61 Å². The van der Waals surface area contributed by atoms with Crippen molar-refractivity contribution in [3.8, 4) is 0 Å². The zero-order chi connectivity index (χ0) is 7.78. The fourth-order valence-corrected chi connectivity index (χ4v) is 1.07. The first-order valence-electron chi connectivity index (χ1n) is 3.50. The van der Waals surface area contributed by atoms with E-state index < -0.39 is 5.79 Å². The first-order chi connectivity index (χ1) is 4.54. The van der Waals surface area contributed by atoms with Gasteiger partial charge in [-0.1, -0.05) is 0 Å². The Balaban J connectivity index is 2.54. The van der Waals surface area contributed by atoms with E-state index in [1.165, 1.54) is 0 Å². The van der Waals surface area contributed by atoms with Crippen LogP contribution in [0.4, 0.5) is 0 Å². The minimum Gasteiger partial charge on any atom is -0.346 e. The van der Waals surface area contributed by atoms with Gasteiger partial charge in [0.15, 0.2) is 5.79 Å². The molecule has 0 saturated carbocycles. The summed E-state index contributed by atoms with van der Waals surface area (Å²) in [5.74, 6) is -0.568. The van der Waals surface area contributed by atoms with Crippen LogP contribution >= 0.6 is 11.6 Å². The lowest BCUT2D eigenvalue weighted by Crippen LogP contribution is -2.35. The lowest BCUT2D eigenvalue weighted by molar-refractivity contribution is -0.150. The Morgan fingerprint density at radius 2 is 2.30 bits per heavy atom. The Morgan fingerprint density at radius 1 is 1.70 bits per heavy atom. The maximum atomic E-state index is 5.84. The molecule has 3 unspecified atom stereocenters. The molecule has 0 aromatic heterocycles. The number of hydrogen-bond acceptors (Lipinski definition) is 2. The summed E-state index contributed by atoms with van der Waals surface area (Å²) in [6.07, 6.45) is 0.172. The third kappa shape index (κ3) is 1.44. The van der Waals surface area contributed by atoms with Gasteiger partial charge in [-0.05, 0) is 20.8 Å². The summed E-state index contributed by atoms with van der Waals surface area (Å²) in [6.45, 7) is 6.37. The summed E-state index contributed by atoms with van der Waals surface area (Å²) in [5, 5.41) is -0.0996. The molecule has 1 aliphatic rings. The van der Waals surface area contributed by atoms with Crippen molar-refractivity contribution < 1.29 is 9.47 Å². The fraction of sp³-hybridized carbons (Fsp3) is 1.00. The summed E-state index contributed by atoms with van der Waals surface area (Å²) in [4.78, 5) is 0. The summed E-state index contributed by atoms with van der Waals surface area (Å²) in [5.41, 5.74) is 0. The average molecular weight is 165 g/mol. The average Bonchev–Trinajstić information content (AvgIpc) is 2.13. The molecule has 0 radical (unpaired) electrons. The van der Waals surface area contributed by atoms with Crippen molar-refractivity contribution >= 4 is 11.6 Å². The molecule has 3 heteroatoms. The Morgan fingerprint density at radius 3 is 2.50 bits per heavy atom. The minimum absolute atomic E-state index is 0.0996. The van der Waals surface area contributed by atoms with Gasteiger partial charge in [-0.25, -0.2) is 0 Å². The van der Waals surface area contributed by atoms with Gasteiger partial charge in [0.25, 0.3) is 0 Å². The lowest BCUT2D eigenvalue weighted by atomic mass is 10.2. The molecule has 0 amide bonds. The normalized spacial score (nSPS) is 43.8. The molecule has 60 valence electrons. The van der Waals surface area contributed by atoms with Gasteiger partial charge in [-0.15, -0.1) is 11.6 Å². The van der Waals surface area contributed by atoms with Gasteiger partial charge in [-0.3, -0.25) is 0 Å². The van der Waals surface area contributed by atoms with Crippen LogP contribution < -0.4 is 0 Å². The van der Waals surface area contributed by atoms with Crippen LogP contribution in [-0.2, 0) is 9.47 Å². The molecule has 1 heterocycles. The van der Waals surface area contributed by atoms with Crippen LogP contribution in [0.2, 0.25) is 0 Å². The monoisotopic (exact) mass is 164 g/mol. The minimum atomic E-state index is -0.568. The highest BCUT2D eigenvalue weighted by Crippen LogP contribution is 2.29. The molecular formula is C7H13ClO2. The van der Waals surface area contributed by atoms with Crippen molar-refractivity contribution in [1.29, 1.82) is 0 Å². The van der Waals surface area contributed by atoms with E-state index in [1.807, 2.05) is 20.8 Å². The van der Waals surface area contributed by atoms with Crippen LogP contribution in [0.1, 0.15) is 20.8 Å². The van der Waals surface area contributed by atoms with Gasteiger partial charge in [0.1, 0.15) is 0 Å². The van der Waals surface area contributed by atoms with Crippen molar-refractivity contribution in [3.63, 3.8) is 0 Å². The number of alkyl halides is 1. The van der Waals surface area contributed by atoms with Gasteiger partial charge in [-0.2, -0.15) is 0 Å². The predicted molar refractivity (Wildman–Crippen MR) is 40.2 cm³/mol. The molecule has 1 saturated heterocycles. The first-order valence-corrected chi connectivity index (χ1v) is 3.94. The van der Waals surface area contributed by atoms with E-state index in [4.69, 9.17) is 21.1 Å². The van der Waals surface area contributed by atoms with E-state index in [0.29, 0.717) is 6.61 Å². The molecule has 0 N–H and O–H groups in total. The third-order valence-electron chi connectivity index (χ3n) is 1.76. The van der Waals surface area contributed by atoms with Crippen molar-refractivity contribution in [1.82, 2.24) is 0 Å². The second-order valence-electron chi connectivity index (χ2n) is 2.87. The predicted octanol–water partition coefficient (Wildman–Crippen LogP) is 1.77. The third-order valence-corrected chi connectivity index (χ3v) is 2.16. The van der Waals surface area contributed by atoms with Crippen LogP contribution in [0.5, 0.6) is 0 Å². The molecule has 1 fully saturated rings. The van der Waals surface area contributed by atoms with E-state index in [2.05, 4.69) is 0 Å². The van der Waals surface area contributed by atoms with Crippen molar-refractivity contribution in [2.24, 2.45) is 0 Å². The van der Waals surface area contributed by atoms with E-state index in [9.17, 15) is 0 Å². The van der Waals surface area contributed by atoms with Gasteiger partial charge >= 0.3 is 0 Å². The number of ether oxygens (including phenoxy) is 2. The standard InChI is InChI=1S/C7H13ClO2/c1-5-4-9-7(3,10-5)6(2)8/h5-6H,4H2,1-3H3. The molecule has 0 spiro atoms. The zero-order valence-electron chi connectivity index (χ0n) is 6.56. The van der Waals surface area contributed by atoms with Crippen LogP contribution in [0, 0.1) is 0 Å². The number of hydrogen-bond donors (Lipinski definition) is 0. The summed E-state index contributed by atoms with van der Waals surface area (Å²) < 4.78 is 10.8. The highest BCUT2D eigenvalue weighted by atomic mass is 35.5. The first kappa shape index (κ1) is 8.31. The van der Waals surface area contributed by atoms with E-state index >= 15 is 0 Å². The second-order valence-corrected chi connectivity index (χ2v) is 3.53. The van der Waals surface area contributed by atoms with E-state index in [0.717, 1.165) is 0 Å². The van der Waals surface area contributed by atoms with Crippen LogP contribution in [0.3, 0.4) is 0 Å². The molecule has 10 heavy (non-hydrogen) atoms. The molecule has 1 aliphatic heterocycles. The number of rotatable bonds is 1. The van der Waals surface area contributed by atoms with Crippen molar-refractivity contribution in [2.45, 2.75) is 38.0 Å². The Bertz CT molecular complexity index is 127. The Labute approximate surface area is 66.5 Å². The van der Waals surface area contributed by atoms with Crippen LogP contribution in [0.25, 0.3) is 0 Å². The topological polar surface area (TPSA) is 18.5 Å². The maximum absolute atomic E-state index is 5.84. The van der Waals surface area contributed by atoms with E-state index in [1.54, 1.807) is 0 Å². The summed E-state index contributed by atoms with van der Waals surface area (Å²) in [6, 6.07) is 0. The lowest BCUT2D eigenvalue weighted by Gasteiger charge is -2.25. The Kier molecular flexibility index (Phi) is 2.23. The smallest absolute Gasteiger partial charge is 0.182 e. The van der Waals surface area contributed by atoms with Crippen LogP contribution in [0.15, 0.2) is 0 Å². The highest BCUT2D eigenvalue weighted by molar-refractivity contribution is 6.21. The molecular weight excluding hydrogens is 152 g/mol. The van der Waals surface area contributed by atoms with Gasteiger partial charge in [0.2, 0.25) is 0 Å². The zero-order valence-corrected chi connectivity index (χ0v) is 7.31. The molecule has 0 aliphatic carbocycles. The number of halogens is 1. The molecule has 1 rings (SSSR count). The second kappa shape index (κ2) is 2.68. The van der Waals surface area contributed by atoms with Gasteiger partial charge in [0, 0.05) is 0 Å². The largest absolute Gasteiger partial charge is 0.346 e. The quantitative estimate of drug-likeness (QED) is 0.550. The highest BCUT2D eigenvalue weighted by Gasteiger charge is 2.39.